The first-order chi connectivity index (χ1) is 8.61. The summed E-state index contributed by atoms with van der Waals surface area (Å²) in [6, 6.07) is 5.76. The molecule has 0 aliphatic carbocycles. The highest BCUT2D eigenvalue weighted by molar-refractivity contribution is 9.11. The summed E-state index contributed by atoms with van der Waals surface area (Å²) >= 11 is 6.86. The molecule has 0 amide bonds. The van der Waals surface area contributed by atoms with Crippen molar-refractivity contribution >= 4 is 37.7 Å². The van der Waals surface area contributed by atoms with Gasteiger partial charge in [-0.1, -0.05) is 15.9 Å². The van der Waals surface area contributed by atoms with Gasteiger partial charge in [0.05, 0.1) is 0 Å². The number of nitrogens with zero attached hydrogens (tertiary/aromatic N) is 2. The molecule has 2 aromatic rings. The first-order valence-electron chi connectivity index (χ1n) is 5.24. The number of aromatic nitrogens is 2. The predicted molar refractivity (Wildman–Crippen MR) is 78.2 cm³/mol. The minimum atomic E-state index is 0.482. The summed E-state index contributed by atoms with van der Waals surface area (Å²) < 4.78 is 7.48. The van der Waals surface area contributed by atoms with E-state index in [0.29, 0.717) is 16.2 Å². The first kappa shape index (κ1) is 13.3. The fourth-order valence-electron chi connectivity index (χ4n) is 1.39. The Balaban J connectivity index is 2.31. The molecule has 0 bridgehead atoms. The quantitative estimate of drug-likeness (QED) is 0.879. The normalized spacial score (nSPS) is 10.2. The van der Waals surface area contributed by atoms with Crippen LogP contribution in [0.25, 0.3) is 0 Å². The van der Waals surface area contributed by atoms with Crippen LogP contribution in [-0.4, -0.2) is 17.0 Å². The van der Waals surface area contributed by atoms with Crippen LogP contribution in [0.3, 0.4) is 0 Å². The largest absolute Gasteiger partial charge is 0.438 e. The molecule has 0 saturated heterocycles. The van der Waals surface area contributed by atoms with Crippen LogP contribution >= 0.6 is 31.9 Å². The maximum atomic E-state index is 5.73. The molecule has 1 heterocycles. The van der Waals surface area contributed by atoms with Crippen molar-refractivity contribution in [3.8, 4) is 11.6 Å². The monoisotopic (exact) mass is 371 g/mol. The van der Waals surface area contributed by atoms with E-state index in [1.54, 1.807) is 7.05 Å². The van der Waals surface area contributed by atoms with Crippen molar-refractivity contribution in [1.29, 1.82) is 0 Å². The third kappa shape index (κ3) is 2.81. The Morgan fingerprint density at radius 3 is 2.67 bits per heavy atom. The molecule has 0 spiro atoms. The fourth-order valence-corrected chi connectivity index (χ4v) is 2.12. The first-order valence-corrected chi connectivity index (χ1v) is 6.82. The second-order valence-electron chi connectivity index (χ2n) is 3.60. The second-order valence-corrected chi connectivity index (χ2v) is 5.25. The lowest BCUT2D eigenvalue weighted by Crippen LogP contribution is -1.97. The van der Waals surface area contributed by atoms with E-state index >= 15 is 0 Å². The molecule has 0 unspecified atom stereocenters. The highest BCUT2D eigenvalue weighted by atomic mass is 79.9. The predicted octanol–water partition coefficient (Wildman–Crippen LogP) is 4.14. The topological polar surface area (TPSA) is 47.0 Å². The van der Waals surface area contributed by atoms with Crippen molar-refractivity contribution in [3.05, 3.63) is 39.0 Å². The summed E-state index contributed by atoms with van der Waals surface area (Å²) in [5.41, 5.74) is 1.10. The highest BCUT2D eigenvalue weighted by Gasteiger charge is 2.10. The van der Waals surface area contributed by atoms with E-state index in [-0.39, 0.29) is 0 Å². The summed E-state index contributed by atoms with van der Waals surface area (Å²) in [5.74, 6) is 1.90. The van der Waals surface area contributed by atoms with Gasteiger partial charge in [-0.2, -0.15) is 0 Å². The zero-order valence-electron chi connectivity index (χ0n) is 9.87. The van der Waals surface area contributed by atoms with E-state index in [1.807, 2.05) is 25.1 Å². The number of ether oxygens (including phenoxy) is 1. The molecule has 18 heavy (non-hydrogen) atoms. The van der Waals surface area contributed by atoms with E-state index in [4.69, 9.17) is 4.74 Å². The lowest BCUT2D eigenvalue weighted by atomic mass is 10.2. The Hall–Kier alpha value is -1.14. The van der Waals surface area contributed by atoms with Crippen LogP contribution in [0.4, 0.5) is 5.82 Å². The SMILES string of the molecule is CNc1ncnc(Oc2ccc(Br)c(C)c2)c1Br. The maximum absolute atomic E-state index is 5.73. The van der Waals surface area contributed by atoms with Crippen LogP contribution in [0.5, 0.6) is 11.6 Å². The number of hydrogen-bond acceptors (Lipinski definition) is 4. The van der Waals surface area contributed by atoms with E-state index < -0.39 is 0 Å². The number of nitrogens with one attached hydrogen (secondary N) is 1. The van der Waals surface area contributed by atoms with E-state index in [9.17, 15) is 0 Å². The van der Waals surface area contributed by atoms with Gasteiger partial charge in [0.2, 0.25) is 5.88 Å². The molecule has 0 fully saturated rings. The number of rotatable bonds is 3. The molecule has 1 aromatic carbocycles. The average molecular weight is 373 g/mol. The number of benzene rings is 1. The Morgan fingerprint density at radius 2 is 2.00 bits per heavy atom. The van der Waals surface area contributed by atoms with Crippen molar-refractivity contribution < 1.29 is 4.74 Å². The van der Waals surface area contributed by atoms with Gasteiger partial charge in [-0.25, -0.2) is 9.97 Å². The number of anilines is 1. The summed E-state index contributed by atoms with van der Waals surface area (Å²) in [7, 11) is 1.79. The molecular formula is C12H11Br2N3O. The van der Waals surface area contributed by atoms with Gasteiger partial charge < -0.3 is 10.1 Å². The molecule has 1 N–H and O–H groups in total. The Kier molecular flexibility index (Phi) is 4.19. The summed E-state index contributed by atoms with van der Waals surface area (Å²) in [4.78, 5) is 8.18. The van der Waals surface area contributed by atoms with Crippen LogP contribution in [0.1, 0.15) is 5.56 Å². The fraction of sp³-hybridized carbons (Fsp3) is 0.167. The van der Waals surface area contributed by atoms with Crippen molar-refractivity contribution in [2.75, 3.05) is 12.4 Å². The van der Waals surface area contributed by atoms with E-state index in [1.165, 1.54) is 6.33 Å². The molecule has 0 atom stereocenters. The van der Waals surface area contributed by atoms with Crippen molar-refractivity contribution in [3.63, 3.8) is 0 Å². The van der Waals surface area contributed by atoms with Gasteiger partial charge in [-0.15, -0.1) is 0 Å². The number of halogens is 2. The van der Waals surface area contributed by atoms with Gasteiger partial charge in [-0.05, 0) is 46.6 Å². The van der Waals surface area contributed by atoms with Crippen molar-refractivity contribution in [1.82, 2.24) is 9.97 Å². The molecule has 94 valence electrons. The lowest BCUT2D eigenvalue weighted by molar-refractivity contribution is 0.458. The van der Waals surface area contributed by atoms with Gasteiger partial charge in [0.15, 0.2) is 0 Å². The number of hydrogen-bond donors (Lipinski definition) is 1. The summed E-state index contributed by atoms with van der Waals surface area (Å²) in [6.45, 7) is 2.00. The van der Waals surface area contributed by atoms with Gasteiger partial charge in [0.25, 0.3) is 0 Å². The van der Waals surface area contributed by atoms with Crippen LogP contribution < -0.4 is 10.1 Å². The van der Waals surface area contributed by atoms with E-state index in [0.717, 1.165) is 15.8 Å². The second kappa shape index (κ2) is 5.67. The molecule has 2 rings (SSSR count). The Bertz CT molecular complexity index is 575. The van der Waals surface area contributed by atoms with E-state index in [2.05, 4.69) is 47.1 Å². The average Bonchev–Trinajstić information content (AvgIpc) is 2.36. The smallest absolute Gasteiger partial charge is 0.238 e. The molecule has 6 heteroatoms. The van der Waals surface area contributed by atoms with Gasteiger partial charge in [0, 0.05) is 11.5 Å². The minimum absolute atomic E-state index is 0.482. The van der Waals surface area contributed by atoms with Gasteiger partial charge in [0.1, 0.15) is 22.4 Å². The van der Waals surface area contributed by atoms with Crippen molar-refractivity contribution in [2.24, 2.45) is 0 Å². The summed E-state index contributed by atoms with van der Waals surface area (Å²) in [6.07, 6.45) is 1.46. The molecule has 0 aliphatic heterocycles. The minimum Gasteiger partial charge on any atom is -0.438 e. The highest BCUT2D eigenvalue weighted by Crippen LogP contribution is 2.32. The van der Waals surface area contributed by atoms with Crippen LogP contribution in [0.2, 0.25) is 0 Å². The zero-order valence-corrected chi connectivity index (χ0v) is 13.0. The van der Waals surface area contributed by atoms with Gasteiger partial charge in [-0.3, -0.25) is 0 Å². The zero-order chi connectivity index (χ0) is 13.1. The third-order valence-corrected chi connectivity index (χ3v) is 3.94. The molecule has 0 aliphatic rings. The molecule has 0 radical (unpaired) electrons. The van der Waals surface area contributed by atoms with Crippen molar-refractivity contribution in [2.45, 2.75) is 6.92 Å². The third-order valence-electron chi connectivity index (χ3n) is 2.34. The Morgan fingerprint density at radius 1 is 1.22 bits per heavy atom. The maximum Gasteiger partial charge on any atom is 0.238 e. The van der Waals surface area contributed by atoms with Crippen LogP contribution in [0.15, 0.2) is 33.5 Å². The summed E-state index contributed by atoms with van der Waals surface area (Å²) in [5, 5.41) is 2.96. The molecule has 1 aromatic heterocycles. The van der Waals surface area contributed by atoms with Crippen LogP contribution in [0, 0.1) is 6.92 Å². The molecular weight excluding hydrogens is 362 g/mol. The Labute approximate surface area is 122 Å². The number of aryl methyl sites for hydroxylation is 1. The van der Waals surface area contributed by atoms with Crippen LogP contribution in [-0.2, 0) is 0 Å². The molecule has 0 saturated carbocycles. The molecule has 4 nitrogen and oxygen atoms in total. The lowest BCUT2D eigenvalue weighted by Gasteiger charge is -2.09. The van der Waals surface area contributed by atoms with Gasteiger partial charge >= 0.3 is 0 Å². The standard InChI is InChI=1S/C12H11Br2N3O/c1-7-5-8(3-4-9(7)13)18-12-10(14)11(15-2)16-6-17-12/h3-6H,1-2H3,(H,15,16,17).